The molecule has 4 aromatic rings. The molecule has 0 unspecified atom stereocenters. The van der Waals surface area contributed by atoms with E-state index in [1.165, 1.54) is 11.3 Å². The third kappa shape index (κ3) is 4.38. The molecule has 1 amide bonds. The van der Waals surface area contributed by atoms with Gasteiger partial charge in [-0.15, -0.1) is 11.3 Å². The van der Waals surface area contributed by atoms with E-state index in [4.69, 9.17) is 9.47 Å². The first kappa shape index (κ1) is 21.3. The van der Waals surface area contributed by atoms with E-state index in [-0.39, 0.29) is 11.3 Å². The zero-order chi connectivity index (χ0) is 22.5. The Balaban J connectivity index is 1.60. The fourth-order valence-electron chi connectivity index (χ4n) is 3.26. The Morgan fingerprint density at radius 3 is 2.31 bits per heavy atom. The van der Waals surface area contributed by atoms with Gasteiger partial charge in [0.15, 0.2) is 10.9 Å². The van der Waals surface area contributed by atoms with Gasteiger partial charge in [0.05, 0.1) is 25.5 Å². The van der Waals surface area contributed by atoms with Crippen molar-refractivity contribution in [3.63, 3.8) is 0 Å². The number of amides is 1. The molecule has 160 valence electrons. The van der Waals surface area contributed by atoms with Crippen molar-refractivity contribution < 1.29 is 19.1 Å². The largest absolute Gasteiger partial charge is 0.497 e. The van der Waals surface area contributed by atoms with Crippen molar-refractivity contribution in [1.82, 2.24) is 4.98 Å². The van der Waals surface area contributed by atoms with Gasteiger partial charge in [-0.25, -0.2) is 4.98 Å². The molecule has 0 saturated carbocycles. The van der Waals surface area contributed by atoms with Gasteiger partial charge in [0, 0.05) is 22.1 Å². The van der Waals surface area contributed by atoms with Crippen LogP contribution in [0.4, 0.5) is 5.13 Å². The Morgan fingerprint density at radius 2 is 1.59 bits per heavy atom. The van der Waals surface area contributed by atoms with Gasteiger partial charge >= 0.3 is 0 Å². The summed E-state index contributed by atoms with van der Waals surface area (Å²) < 4.78 is 10.7. The summed E-state index contributed by atoms with van der Waals surface area (Å²) in [6.45, 7) is 0. The van der Waals surface area contributed by atoms with Crippen molar-refractivity contribution in [2.24, 2.45) is 0 Å². The minimum absolute atomic E-state index is 0.211. The number of methoxy groups -OCH3 is 2. The highest BCUT2D eigenvalue weighted by Crippen LogP contribution is 2.35. The topological polar surface area (TPSA) is 77.5 Å². The van der Waals surface area contributed by atoms with E-state index in [0.29, 0.717) is 33.5 Å². The van der Waals surface area contributed by atoms with Crippen LogP contribution < -0.4 is 14.8 Å². The second-order valence-corrected chi connectivity index (χ2v) is 7.66. The van der Waals surface area contributed by atoms with Crippen LogP contribution in [-0.2, 0) is 0 Å². The zero-order valence-electron chi connectivity index (χ0n) is 17.5. The first-order chi connectivity index (χ1) is 15.6. The first-order valence-corrected chi connectivity index (χ1v) is 10.7. The highest BCUT2D eigenvalue weighted by Gasteiger charge is 2.19. The number of carbonyl (C=O) groups excluding carboxylic acids is 2. The molecular weight excluding hydrogens is 424 g/mol. The van der Waals surface area contributed by atoms with Crippen LogP contribution in [-0.4, -0.2) is 30.9 Å². The molecule has 3 aromatic carbocycles. The van der Waals surface area contributed by atoms with Crippen LogP contribution in [0.3, 0.4) is 0 Å². The summed E-state index contributed by atoms with van der Waals surface area (Å²) in [5.74, 6) is 0.709. The molecule has 1 aromatic heterocycles. The predicted octanol–water partition coefficient (Wildman–Crippen LogP) is 5.31. The molecule has 1 N–H and O–H groups in total. The van der Waals surface area contributed by atoms with Crippen molar-refractivity contribution >= 4 is 28.2 Å². The predicted molar refractivity (Wildman–Crippen MR) is 125 cm³/mol. The summed E-state index contributed by atoms with van der Waals surface area (Å²) in [4.78, 5) is 30.5. The minimum Gasteiger partial charge on any atom is -0.497 e. The third-order valence-corrected chi connectivity index (χ3v) is 5.62. The third-order valence-electron chi connectivity index (χ3n) is 4.86. The number of nitrogens with zero attached hydrogens (tertiary/aromatic N) is 1. The number of nitrogens with one attached hydrogen (secondary N) is 1. The smallest absolute Gasteiger partial charge is 0.258 e. The van der Waals surface area contributed by atoms with E-state index in [2.05, 4.69) is 10.3 Å². The van der Waals surface area contributed by atoms with E-state index in [1.807, 2.05) is 17.5 Å². The van der Waals surface area contributed by atoms with Gasteiger partial charge < -0.3 is 9.47 Å². The van der Waals surface area contributed by atoms with Crippen molar-refractivity contribution in [3.8, 4) is 22.8 Å². The number of thiazole rings is 1. The molecule has 0 fully saturated rings. The molecule has 0 spiro atoms. The Kier molecular flexibility index (Phi) is 6.28. The number of hydrogen-bond donors (Lipinski definition) is 1. The molecule has 0 aliphatic rings. The van der Waals surface area contributed by atoms with Crippen LogP contribution in [0.1, 0.15) is 26.3 Å². The number of carbonyl (C=O) groups is 2. The SMILES string of the molecule is COc1ccc(OC)c(-c2csc(NC(=O)c3ccccc3C(=O)c3ccccc3)n2)c1. The molecule has 0 aliphatic heterocycles. The van der Waals surface area contributed by atoms with Gasteiger partial charge in [-0.05, 0) is 24.3 Å². The van der Waals surface area contributed by atoms with Crippen molar-refractivity contribution in [2.45, 2.75) is 0 Å². The number of benzene rings is 3. The Morgan fingerprint density at radius 1 is 0.875 bits per heavy atom. The minimum atomic E-state index is -0.400. The van der Waals surface area contributed by atoms with Crippen LogP contribution in [0.15, 0.2) is 78.2 Å². The van der Waals surface area contributed by atoms with Gasteiger partial charge in [0.2, 0.25) is 0 Å². The van der Waals surface area contributed by atoms with Crippen LogP contribution in [0.5, 0.6) is 11.5 Å². The van der Waals surface area contributed by atoms with E-state index >= 15 is 0 Å². The summed E-state index contributed by atoms with van der Waals surface area (Å²) in [6.07, 6.45) is 0. The van der Waals surface area contributed by atoms with Crippen LogP contribution in [0.25, 0.3) is 11.3 Å². The molecule has 4 rings (SSSR count). The highest BCUT2D eigenvalue weighted by molar-refractivity contribution is 7.14. The lowest BCUT2D eigenvalue weighted by atomic mass is 9.98. The lowest BCUT2D eigenvalue weighted by Crippen LogP contribution is -2.16. The van der Waals surface area contributed by atoms with Gasteiger partial charge in [-0.2, -0.15) is 0 Å². The number of anilines is 1. The van der Waals surface area contributed by atoms with Crippen molar-refractivity contribution in [2.75, 3.05) is 19.5 Å². The molecule has 0 aliphatic carbocycles. The van der Waals surface area contributed by atoms with Crippen LogP contribution >= 0.6 is 11.3 Å². The molecule has 1 heterocycles. The van der Waals surface area contributed by atoms with E-state index < -0.39 is 5.91 Å². The number of rotatable bonds is 7. The first-order valence-electron chi connectivity index (χ1n) is 9.78. The maximum absolute atomic E-state index is 13.0. The zero-order valence-corrected chi connectivity index (χ0v) is 18.3. The Hall–Kier alpha value is -3.97. The molecule has 0 saturated heterocycles. The second kappa shape index (κ2) is 9.45. The monoisotopic (exact) mass is 444 g/mol. The normalized spacial score (nSPS) is 10.4. The summed E-state index contributed by atoms with van der Waals surface area (Å²) >= 11 is 1.29. The fourth-order valence-corrected chi connectivity index (χ4v) is 3.96. The maximum Gasteiger partial charge on any atom is 0.258 e. The van der Waals surface area contributed by atoms with Gasteiger partial charge in [-0.3, -0.25) is 14.9 Å². The fraction of sp³-hybridized carbons (Fsp3) is 0.0800. The lowest BCUT2D eigenvalue weighted by molar-refractivity contribution is 0.0996. The summed E-state index contributed by atoms with van der Waals surface area (Å²) in [5, 5.41) is 5.05. The maximum atomic E-state index is 13.0. The van der Waals surface area contributed by atoms with Gasteiger partial charge in [0.1, 0.15) is 11.5 Å². The second-order valence-electron chi connectivity index (χ2n) is 6.80. The molecule has 0 bridgehead atoms. The number of ketones is 1. The molecule has 0 atom stereocenters. The van der Waals surface area contributed by atoms with Gasteiger partial charge in [0.25, 0.3) is 5.91 Å². The van der Waals surface area contributed by atoms with Crippen LogP contribution in [0.2, 0.25) is 0 Å². The van der Waals surface area contributed by atoms with Crippen molar-refractivity contribution in [1.29, 1.82) is 0 Å². The quantitative estimate of drug-likeness (QED) is 0.391. The number of ether oxygens (including phenoxy) is 2. The molecule has 32 heavy (non-hydrogen) atoms. The number of aromatic nitrogens is 1. The molecule has 0 radical (unpaired) electrons. The number of hydrogen-bond acceptors (Lipinski definition) is 6. The molecular formula is C25H20N2O4S. The summed E-state index contributed by atoms with van der Waals surface area (Å²) in [7, 11) is 3.17. The van der Waals surface area contributed by atoms with E-state index in [1.54, 1.807) is 74.9 Å². The van der Waals surface area contributed by atoms with Crippen molar-refractivity contribution in [3.05, 3.63) is 94.9 Å². The highest BCUT2D eigenvalue weighted by atomic mass is 32.1. The Bertz CT molecular complexity index is 1270. The van der Waals surface area contributed by atoms with E-state index in [0.717, 1.165) is 5.56 Å². The summed E-state index contributed by atoms with van der Waals surface area (Å²) in [6, 6.07) is 21.1. The average molecular weight is 445 g/mol. The molecule has 6 nitrogen and oxygen atoms in total. The summed E-state index contributed by atoms with van der Waals surface area (Å²) in [5.41, 5.74) is 2.55. The van der Waals surface area contributed by atoms with Crippen LogP contribution in [0, 0.1) is 0 Å². The average Bonchev–Trinajstić information content (AvgIpc) is 3.31. The Labute approximate surface area is 189 Å². The van der Waals surface area contributed by atoms with Gasteiger partial charge in [-0.1, -0.05) is 48.5 Å². The standard InChI is InChI=1S/C25H20N2O4S/c1-30-17-12-13-22(31-2)20(14-17)21-15-32-25(26-21)27-24(29)19-11-7-6-10-18(19)23(28)16-8-4-3-5-9-16/h3-15H,1-2H3,(H,26,27,29). The molecule has 7 heteroatoms. The van der Waals surface area contributed by atoms with E-state index in [9.17, 15) is 9.59 Å². The lowest BCUT2D eigenvalue weighted by Gasteiger charge is -2.09.